The Morgan fingerprint density at radius 2 is 1.82 bits per heavy atom. The summed E-state index contributed by atoms with van der Waals surface area (Å²) in [6.45, 7) is 0. The van der Waals surface area contributed by atoms with Crippen molar-refractivity contribution in [3.05, 3.63) is 64.7 Å². The second-order valence-electron chi connectivity index (χ2n) is 4.25. The lowest BCUT2D eigenvalue weighted by atomic mass is 10.0. The summed E-state index contributed by atoms with van der Waals surface area (Å²) in [6.07, 6.45) is 0. The summed E-state index contributed by atoms with van der Waals surface area (Å²) in [5.74, 6) is -1.44. The van der Waals surface area contributed by atoms with Gasteiger partial charge in [0.1, 0.15) is 0 Å². The number of ketones is 1. The summed E-state index contributed by atoms with van der Waals surface area (Å²) >= 11 is 8.78. The van der Waals surface area contributed by atoms with Gasteiger partial charge in [-0.05, 0) is 34.1 Å². The van der Waals surface area contributed by atoms with E-state index in [2.05, 4.69) is 26.2 Å². The lowest BCUT2D eigenvalue weighted by Gasteiger charge is -2.05. The summed E-state index contributed by atoms with van der Waals surface area (Å²) < 4.78 is 0. The summed E-state index contributed by atoms with van der Waals surface area (Å²) in [5, 5.41) is 16.6. The average molecular weight is 382 g/mol. The third-order valence-electron chi connectivity index (χ3n) is 2.71. The van der Waals surface area contributed by atoms with E-state index in [1.807, 2.05) is 0 Å². The minimum atomic E-state index is -1.18. The molecule has 0 bridgehead atoms. The molecule has 2 rings (SSSR count). The Morgan fingerprint density at radius 3 is 2.45 bits per heavy atom. The molecule has 1 unspecified atom stereocenters. The Bertz CT molecular complexity index is 735. The third-order valence-corrected chi connectivity index (χ3v) is 3.52. The number of carbonyl (C=O) groups is 2. The standard InChI is InChI=1S/C15H10BrClN2O3/c16-14(15(21)22)19-18-12-7-6-10(17)8-11(12)13(20)9-4-2-1-3-5-9/h1-8,14H,(H,21,22). The fourth-order valence-corrected chi connectivity index (χ4v) is 1.95. The first kappa shape index (κ1) is 16.3. The molecule has 0 amide bonds. The first-order valence-corrected chi connectivity index (χ1v) is 7.45. The maximum Gasteiger partial charge on any atom is 0.341 e. The number of rotatable bonds is 5. The molecule has 0 aliphatic rings. The van der Waals surface area contributed by atoms with Crippen molar-refractivity contribution in [2.45, 2.75) is 4.95 Å². The molecule has 1 atom stereocenters. The predicted octanol–water partition coefficient (Wildman–Crippen LogP) is 4.46. The summed E-state index contributed by atoms with van der Waals surface area (Å²) in [7, 11) is 0. The largest absolute Gasteiger partial charge is 0.479 e. The molecule has 112 valence electrons. The molecule has 1 N–H and O–H groups in total. The maximum absolute atomic E-state index is 12.5. The molecule has 0 aromatic heterocycles. The number of halogens is 2. The lowest BCUT2D eigenvalue weighted by Crippen LogP contribution is -2.08. The van der Waals surface area contributed by atoms with E-state index in [9.17, 15) is 9.59 Å². The normalized spacial score (nSPS) is 12.3. The highest BCUT2D eigenvalue weighted by molar-refractivity contribution is 9.10. The van der Waals surface area contributed by atoms with Gasteiger partial charge in [0.25, 0.3) is 0 Å². The Hall–Kier alpha value is -2.05. The summed E-state index contributed by atoms with van der Waals surface area (Å²) in [4.78, 5) is 22.1. The van der Waals surface area contributed by atoms with E-state index in [0.29, 0.717) is 10.6 Å². The van der Waals surface area contributed by atoms with Crippen LogP contribution in [0.15, 0.2) is 58.8 Å². The molecule has 0 fully saturated rings. The fourth-order valence-electron chi connectivity index (χ4n) is 1.68. The minimum Gasteiger partial charge on any atom is -0.479 e. The SMILES string of the molecule is O=C(c1ccccc1)c1cc(Cl)ccc1N=NC(Br)C(=O)O. The van der Waals surface area contributed by atoms with Crippen LogP contribution in [0.1, 0.15) is 15.9 Å². The van der Waals surface area contributed by atoms with Crippen LogP contribution in [0.5, 0.6) is 0 Å². The van der Waals surface area contributed by atoms with Crippen molar-refractivity contribution in [2.75, 3.05) is 0 Å². The topological polar surface area (TPSA) is 79.1 Å². The van der Waals surface area contributed by atoms with Crippen molar-refractivity contribution >= 4 is 45.0 Å². The zero-order chi connectivity index (χ0) is 16.1. The molecule has 22 heavy (non-hydrogen) atoms. The molecular weight excluding hydrogens is 372 g/mol. The highest BCUT2D eigenvalue weighted by Crippen LogP contribution is 2.27. The van der Waals surface area contributed by atoms with Crippen LogP contribution < -0.4 is 0 Å². The van der Waals surface area contributed by atoms with Crippen LogP contribution in [-0.4, -0.2) is 21.8 Å². The number of azo groups is 1. The molecule has 0 spiro atoms. The van der Waals surface area contributed by atoms with Crippen molar-refractivity contribution in [1.29, 1.82) is 0 Å². The van der Waals surface area contributed by atoms with Crippen LogP contribution >= 0.6 is 27.5 Å². The highest BCUT2D eigenvalue weighted by atomic mass is 79.9. The van der Waals surface area contributed by atoms with Gasteiger partial charge in [0, 0.05) is 10.6 Å². The van der Waals surface area contributed by atoms with Gasteiger partial charge in [-0.25, -0.2) is 4.79 Å². The van der Waals surface area contributed by atoms with Crippen LogP contribution in [0, 0.1) is 0 Å². The monoisotopic (exact) mass is 380 g/mol. The minimum absolute atomic E-state index is 0.254. The van der Waals surface area contributed by atoms with Crippen molar-refractivity contribution in [2.24, 2.45) is 10.2 Å². The van der Waals surface area contributed by atoms with Gasteiger partial charge in [0.05, 0.1) is 11.3 Å². The van der Waals surface area contributed by atoms with E-state index in [1.165, 1.54) is 12.1 Å². The van der Waals surface area contributed by atoms with E-state index < -0.39 is 10.9 Å². The number of benzene rings is 2. The number of alkyl halides is 1. The van der Waals surface area contributed by atoms with Crippen molar-refractivity contribution in [3.8, 4) is 0 Å². The van der Waals surface area contributed by atoms with E-state index in [4.69, 9.17) is 16.7 Å². The third kappa shape index (κ3) is 3.99. The number of hydrogen-bond acceptors (Lipinski definition) is 4. The first-order valence-electron chi connectivity index (χ1n) is 6.16. The Balaban J connectivity index is 2.40. The lowest BCUT2D eigenvalue weighted by molar-refractivity contribution is -0.136. The van der Waals surface area contributed by atoms with Crippen molar-refractivity contribution < 1.29 is 14.7 Å². The Morgan fingerprint density at radius 1 is 1.14 bits per heavy atom. The Kier molecular flexibility index (Phi) is 5.41. The van der Waals surface area contributed by atoms with Gasteiger partial charge in [0.15, 0.2) is 5.78 Å². The van der Waals surface area contributed by atoms with Crippen LogP contribution in [0.25, 0.3) is 0 Å². The predicted molar refractivity (Wildman–Crippen MR) is 86.2 cm³/mol. The smallest absolute Gasteiger partial charge is 0.341 e. The molecule has 5 nitrogen and oxygen atoms in total. The number of carboxylic acid groups (broad SMARTS) is 1. The van der Waals surface area contributed by atoms with Gasteiger partial charge >= 0.3 is 5.97 Å². The molecule has 0 radical (unpaired) electrons. The second-order valence-corrected chi connectivity index (χ2v) is 5.55. The van der Waals surface area contributed by atoms with Gasteiger partial charge in [-0.3, -0.25) is 4.79 Å². The number of aliphatic carboxylic acids is 1. The Labute approximate surface area is 139 Å². The summed E-state index contributed by atoms with van der Waals surface area (Å²) in [6, 6.07) is 13.2. The van der Waals surface area contributed by atoms with E-state index in [0.717, 1.165) is 0 Å². The first-order chi connectivity index (χ1) is 10.5. The second kappa shape index (κ2) is 7.29. The van der Waals surface area contributed by atoms with Gasteiger partial charge in [-0.15, -0.1) is 0 Å². The van der Waals surface area contributed by atoms with Gasteiger partial charge in [0.2, 0.25) is 4.95 Å². The summed E-state index contributed by atoms with van der Waals surface area (Å²) in [5.41, 5.74) is 0.992. The van der Waals surface area contributed by atoms with E-state index >= 15 is 0 Å². The zero-order valence-corrected chi connectivity index (χ0v) is 13.5. The maximum atomic E-state index is 12.5. The van der Waals surface area contributed by atoms with E-state index in [1.54, 1.807) is 36.4 Å². The molecule has 0 heterocycles. The molecule has 2 aromatic rings. The number of carboxylic acids is 1. The van der Waals surface area contributed by atoms with Crippen LogP contribution in [0.3, 0.4) is 0 Å². The van der Waals surface area contributed by atoms with Crippen molar-refractivity contribution in [3.63, 3.8) is 0 Å². The van der Waals surface area contributed by atoms with Gasteiger partial charge in [-0.1, -0.05) is 41.9 Å². The molecular formula is C15H10BrClN2O3. The molecule has 2 aromatic carbocycles. The molecule has 0 aliphatic carbocycles. The number of carbonyl (C=O) groups excluding carboxylic acids is 1. The van der Waals surface area contributed by atoms with E-state index in [-0.39, 0.29) is 17.0 Å². The highest BCUT2D eigenvalue weighted by Gasteiger charge is 2.16. The number of nitrogens with zero attached hydrogens (tertiary/aromatic N) is 2. The van der Waals surface area contributed by atoms with Gasteiger partial charge in [-0.2, -0.15) is 10.2 Å². The van der Waals surface area contributed by atoms with Gasteiger partial charge < -0.3 is 5.11 Å². The van der Waals surface area contributed by atoms with Crippen LogP contribution in [0.4, 0.5) is 5.69 Å². The number of hydrogen-bond donors (Lipinski definition) is 1. The van der Waals surface area contributed by atoms with Crippen LogP contribution in [-0.2, 0) is 4.79 Å². The quantitative estimate of drug-likeness (QED) is 0.359. The fraction of sp³-hybridized carbons (Fsp3) is 0.0667. The molecule has 0 saturated carbocycles. The average Bonchev–Trinajstić information content (AvgIpc) is 2.53. The molecule has 7 heteroatoms. The zero-order valence-electron chi connectivity index (χ0n) is 11.1. The molecule has 0 aliphatic heterocycles. The van der Waals surface area contributed by atoms with Crippen molar-refractivity contribution in [1.82, 2.24) is 0 Å². The molecule has 0 saturated heterocycles. The van der Waals surface area contributed by atoms with Crippen LogP contribution in [0.2, 0.25) is 5.02 Å².